The monoisotopic (exact) mass is 416 g/mol. The molecule has 8 heteroatoms. The lowest BCUT2D eigenvalue weighted by Gasteiger charge is -2.41. The summed E-state index contributed by atoms with van der Waals surface area (Å²) in [6.45, 7) is 4.62. The minimum absolute atomic E-state index is 0.0475. The van der Waals surface area contributed by atoms with Gasteiger partial charge in [-0.3, -0.25) is 0 Å². The number of halogens is 6. The van der Waals surface area contributed by atoms with Gasteiger partial charge >= 0.3 is 12.4 Å². The standard InChI is InChI=1S/C20H30F6O2/c1-4-15-10-13(2)11-16(15)12-18(19(21,22)23,20(24,25)26)28-14(3)27-17-8-6-5-7-9-17/h4,13-14,16-17H,5-12H2,1-3H3/b15-4+. The van der Waals surface area contributed by atoms with E-state index in [1.165, 1.54) is 0 Å². The fourth-order valence-corrected chi connectivity index (χ4v) is 4.56. The molecule has 0 amide bonds. The molecule has 0 heterocycles. The highest BCUT2D eigenvalue weighted by atomic mass is 19.4. The summed E-state index contributed by atoms with van der Waals surface area (Å²) in [4.78, 5) is 0. The van der Waals surface area contributed by atoms with Gasteiger partial charge in [0, 0.05) is 6.42 Å². The van der Waals surface area contributed by atoms with Crippen LogP contribution in [0.4, 0.5) is 26.3 Å². The van der Waals surface area contributed by atoms with Crippen molar-refractivity contribution in [3.8, 4) is 0 Å². The van der Waals surface area contributed by atoms with Crippen molar-refractivity contribution in [2.24, 2.45) is 11.8 Å². The lowest BCUT2D eigenvalue weighted by Crippen LogP contribution is -2.61. The zero-order valence-electron chi connectivity index (χ0n) is 16.6. The second-order valence-corrected chi connectivity index (χ2v) is 8.21. The fourth-order valence-electron chi connectivity index (χ4n) is 4.56. The summed E-state index contributed by atoms with van der Waals surface area (Å²) in [6.07, 6.45) is -7.93. The maximum atomic E-state index is 13.9. The van der Waals surface area contributed by atoms with E-state index in [1.54, 1.807) is 13.0 Å². The van der Waals surface area contributed by atoms with Gasteiger partial charge in [-0.25, -0.2) is 0 Å². The zero-order chi connectivity index (χ0) is 21.2. The van der Waals surface area contributed by atoms with Gasteiger partial charge in [0.25, 0.3) is 5.60 Å². The summed E-state index contributed by atoms with van der Waals surface area (Å²) in [5, 5.41) is 0. The Labute approximate surface area is 162 Å². The number of hydrogen-bond donors (Lipinski definition) is 0. The molecule has 0 aromatic carbocycles. The van der Waals surface area contributed by atoms with E-state index in [0.29, 0.717) is 24.8 Å². The molecule has 2 saturated carbocycles. The van der Waals surface area contributed by atoms with Crippen LogP contribution < -0.4 is 0 Å². The van der Waals surface area contributed by atoms with Crippen LogP contribution in [0, 0.1) is 11.8 Å². The molecule has 3 unspecified atom stereocenters. The number of rotatable bonds is 6. The molecule has 2 aliphatic rings. The van der Waals surface area contributed by atoms with E-state index in [-0.39, 0.29) is 18.4 Å². The lowest BCUT2D eigenvalue weighted by molar-refractivity contribution is -0.413. The first-order chi connectivity index (χ1) is 12.9. The molecule has 2 nitrogen and oxygen atoms in total. The third kappa shape index (κ3) is 5.23. The minimum atomic E-state index is -5.60. The quantitative estimate of drug-likeness (QED) is 0.265. The molecule has 2 rings (SSSR count). The molecule has 164 valence electrons. The van der Waals surface area contributed by atoms with Crippen molar-refractivity contribution in [3.63, 3.8) is 0 Å². The van der Waals surface area contributed by atoms with Crippen LogP contribution in [-0.4, -0.2) is 30.3 Å². The van der Waals surface area contributed by atoms with Gasteiger partial charge in [-0.05, 0) is 51.4 Å². The number of ether oxygens (including phenoxy) is 2. The molecule has 0 aromatic rings. The summed E-state index contributed by atoms with van der Waals surface area (Å²) in [6, 6.07) is 0. The normalized spacial score (nSPS) is 28.1. The first-order valence-electron chi connectivity index (χ1n) is 10.0. The summed E-state index contributed by atoms with van der Waals surface area (Å²) in [7, 11) is 0. The fraction of sp³-hybridized carbons (Fsp3) is 0.900. The van der Waals surface area contributed by atoms with Crippen molar-refractivity contribution >= 4 is 0 Å². The second-order valence-electron chi connectivity index (χ2n) is 8.21. The Morgan fingerprint density at radius 2 is 1.61 bits per heavy atom. The summed E-state index contributed by atoms with van der Waals surface area (Å²) in [5.41, 5.74) is -3.60. The third-order valence-electron chi connectivity index (χ3n) is 5.92. The Bertz CT molecular complexity index is 520. The van der Waals surface area contributed by atoms with Crippen LogP contribution in [0.25, 0.3) is 0 Å². The second kappa shape index (κ2) is 8.94. The first kappa shape index (κ1) is 23.5. The summed E-state index contributed by atoms with van der Waals surface area (Å²) >= 11 is 0. The van der Waals surface area contributed by atoms with E-state index >= 15 is 0 Å². The molecule has 28 heavy (non-hydrogen) atoms. The molecule has 3 atom stereocenters. The van der Waals surface area contributed by atoms with Crippen molar-refractivity contribution in [1.29, 1.82) is 0 Å². The van der Waals surface area contributed by atoms with Gasteiger partial charge in [0.05, 0.1) is 6.10 Å². The molecule has 0 aromatic heterocycles. The van der Waals surface area contributed by atoms with E-state index in [2.05, 4.69) is 0 Å². The van der Waals surface area contributed by atoms with E-state index in [1.807, 2.05) is 6.92 Å². The van der Waals surface area contributed by atoms with Gasteiger partial charge in [0.2, 0.25) is 0 Å². The average Bonchev–Trinajstić information content (AvgIpc) is 2.92. The molecule has 0 saturated heterocycles. The third-order valence-corrected chi connectivity index (χ3v) is 5.92. The predicted molar refractivity (Wildman–Crippen MR) is 93.6 cm³/mol. The Morgan fingerprint density at radius 3 is 2.11 bits per heavy atom. The summed E-state index contributed by atoms with van der Waals surface area (Å²) in [5.74, 6) is -0.767. The smallest absolute Gasteiger partial charge is 0.350 e. The molecular weight excluding hydrogens is 386 g/mol. The van der Waals surface area contributed by atoms with Crippen LogP contribution in [-0.2, 0) is 9.47 Å². The molecule has 2 fully saturated rings. The molecule has 0 radical (unpaired) electrons. The Morgan fingerprint density at radius 1 is 1.04 bits per heavy atom. The van der Waals surface area contributed by atoms with Gasteiger partial charge in [-0.1, -0.05) is 37.8 Å². The maximum Gasteiger partial charge on any atom is 0.426 e. The van der Waals surface area contributed by atoms with Crippen LogP contribution in [0.5, 0.6) is 0 Å². The van der Waals surface area contributed by atoms with Gasteiger partial charge in [0.15, 0.2) is 6.29 Å². The molecule has 0 bridgehead atoms. The van der Waals surface area contributed by atoms with Crippen LogP contribution >= 0.6 is 0 Å². The molecular formula is C20H30F6O2. The molecule has 0 aliphatic heterocycles. The van der Waals surface area contributed by atoms with E-state index in [0.717, 1.165) is 26.2 Å². The first-order valence-corrected chi connectivity index (χ1v) is 10.0. The minimum Gasteiger partial charge on any atom is -0.350 e. The summed E-state index contributed by atoms with van der Waals surface area (Å²) < 4.78 is 93.4. The highest BCUT2D eigenvalue weighted by Crippen LogP contribution is 2.53. The van der Waals surface area contributed by atoms with Gasteiger partial charge in [0.1, 0.15) is 0 Å². The topological polar surface area (TPSA) is 18.5 Å². The van der Waals surface area contributed by atoms with Crippen molar-refractivity contribution in [2.75, 3.05) is 0 Å². The average molecular weight is 416 g/mol. The molecule has 0 N–H and O–H groups in total. The van der Waals surface area contributed by atoms with Crippen molar-refractivity contribution in [1.82, 2.24) is 0 Å². The van der Waals surface area contributed by atoms with E-state index in [9.17, 15) is 26.3 Å². The van der Waals surface area contributed by atoms with Crippen LogP contribution in [0.3, 0.4) is 0 Å². The Balaban J connectivity index is 2.27. The Hall–Kier alpha value is -0.760. The van der Waals surface area contributed by atoms with Crippen molar-refractivity contribution in [2.45, 2.75) is 102 Å². The molecule has 2 aliphatic carbocycles. The van der Waals surface area contributed by atoms with Crippen molar-refractivity contribution in [3.05, 3.63) is 11.6 Å². The van der Waals surface area contributed by atoms with Crippen LogP contribution in [0.2, 0.25) is 0 Å². The largest absolute Gasteiger partial charge is 0.426 e. The number of alkyl halides is 6. The highest BCUT2D eigenvalue weighted by molar-refractivity contribution is 5.15. The Kier molecular flexibility index (Phi) is 7.51. The van der Waals surface area contributed by atoms with Crippen LogP contribution in [0.15, 0.2) is 11.6 Å². The van der Waals surface area contributed by atoms with Gasteiger partial charge < -0.3 is 9.47 Å². The van der Waals surface area contributed by atoms with E-state index in [4.69, 9.17) is 9.47 Å². The van der Waals surface area contributed by atoms with Crippen LogP contribution in [0.1, 0.15) is 72.1 Å². The zero-order valence-corrected chi connectivity index (χ0v) is 16.6. The van der Waals surface area contributed by atoms with Gasteiger partial charge in [-0.15, -0.1) is 0 Å². The number of allylic oxidation sites excluding steroid dienone is 2. The lowest BCUT2D eigenvalue weighted by atomic mass is 9.85. The number of hydrogen-bond acceptors (Lipinski definition) is 2. The molecule has 0 spiro atoms. The SMILES string of the molecule is C/C=C1\CC(C)CC1CC(OC(C)OC1CCCCC1)(C(F)(F)F)C(F)(F)F. The highest BCUT2D eigenvalue weighted by Gasteiger charge is 2.73. The predicted octanol–water partition coefficient (Wildman–Crippen LogP) is 6.94. The van der Waals surface area contributed by atoms with Crippen molar-refractivity contribution < 1.29 is 35.8 Å². The van der Waals surface area contributed by atoms with Gasteiger partial charge in [-0.2, -0.15) is 26.3 Å². The maximum absolute atomic E-state index is 13.9. The van der Waals surface area contributed by atoms with E-state index < -0.39 is 36.6 Å².